The molecule has 0 aliphatic heterocycles. The summed E-state index contributed by atoms with van der Waals surface area (Å²) in [6.07, 6.45) is 5.04. The summed E-state index contributed by atoms with van der Waals surface area (Å²) in [7, 11) is -3.83. The van der Waals surface area contributed by atoms with E-state index in [1.807, 2.05) is 0 Å². The van der Waals surface area contributed by atoms with Crippen molar-refractivity contribution < 1.29 is 23.1 Å². The first-order valence-electron chi connectivity index (χ1n) is 5.84. The highest BCUT2D eigenvalue weighted by Crippen LogP contribution is 2.06. The number of hydrogen-bond donors (Lipinski definition) is 2. The summed E-state index contributed by atoms with van der Waals surface area (Å²) < 4.78 is 25.9. The predicted molar refractivity (Wildman–Crippen MR) is 74.7 cm³/mol. The number of terminal acetylenes is 1. The van der Waals surface area contributed by atoms with Crippen molar-refractivity contribution in [2.75, 3.05) is 19.6 Å². The van der Waals surface area contributed by atoms with Crippen molar-refractivity contribution in [1.29, 1.82) is 0 Å². The molecule has 7 nitrogen and oxygen atoms in total. The highest BCUT2D eigenvalue weighted by atomic mass is 32.2. The number of hydrogen-bond acceptors (Lipinski definition) is 4. The number of rotatable bonds is 7. The van der Waals surface area contributed by atoms with E-state index in [1.54, 1.807) is 18.2 Å². The molecule has 0 atom stereocenters. The Kier molecular flexibility index (Phi) is 5.90. The second kappa shape index (κ2) is 7.42. The SMILES string of the molecule is C#CCN(CC(=O)O)C(=O)CNS(=O)(=O)c1ccccc1. The smallest absolute Gasteiger partial charge is 0.323 e. The number of nitrogens with zero attached hydrogens (tertiary/aromatic N) is 1. The van der Waals surface area contributed by atoms with Gasteiger partial charge in [-0.25, -0.2) is 13.1 Å². The van der Waals surface area contributed by atoms with Gasteiger partial charge in [0.2, 0.25) is 15.9 Å². The molecule has 0 aliphatic rings. The normalized spacial score (nSPS) is 10.6. The maximum Gasteiger partial charge on any atom is 0.323 e. The van der Waals surface area contributed by atoms with Crippen LogP contribution in [0.4, 0.5) is 0 Å². The summed E-state index contributed by atoms with van der Waals surface area (Å²) in [5.41, 5.74) is 0. The lowest BCUT2D eigenvalue weighted by Crippen LogP contribution is -2.42. The third-order valence-electron chi connectivity index (χ3n) is 2.43. The van der Waals surface area contributed by atoms with Crippen LogP contribution < -0.4 is 4.72 Å². The van der Waals surface area contributed by atoms with E-state index in [1.165, 1.54) is 12.1 Å². The minimum atomic E-state index is -3.83. The molecule has 112 valence electrons. The molecular weight excluding hydrogens is 296 g/mol. The van der Waals surface area contributed by atoms with Crippen molar-refractivity contribution in [2.24, 2.45) is 0 Å². The van der Waals surface area contributed by atoms with Crippen LogP contribution >= 0.6 is 0 Å². The maximum atomic E-state index is 11.9. The lowest BCUT2D eigenvalue weighted by Gasteiger charge is -2.18. The largest absolute Gasteiger partial charge is 0.480 e. The molecule has 1 aromatic rings. The highest BCUT2D eigenvalue weighted by molar-refractivity contribution is 7.89. The third kappa shape index (κ3) is 5.25. The van der Waals surface area contributed by atoms with Crippen LogP contribution in [0.3, 0.4) is 0 Å². The van der Waals surface area contributed by atoms with Crippen LogP contribution in [0.5, 0.6) is 0 Å². The van der Waals surface area contributed by atoms with Crippen molar-refractivity contribution in [1.82, 2.24) is 9.62 Å². The van der Waals surface area contributed by atoms with Gasteiger partial charge in [0.05, 0.1) is 18.0 Å². The van der Waals surface area contributed by atoms with E-state index in [0.717, 1.165) is 4.90 Å². The molecule has 0 saturated carbocycles. The van der Waals surface area contributed by atoms with Gasteiger partial charge < -0.3 is 10.0 Å². The molecule has 0 saturated heterocycles. The number of sulfonamides is 1. The molecule has 8 heteroatoms. The van der Waals surface area contributed by atoms with E-state index in [2.05, 4.69) is 10.6 Å². The van der Waals surface area contributed by atoms with E-state index in [0.29, 0.717) is 0 Å². The standard InChI is InChI=1S/C13H14N2O5S/c1-2-8-15(10-13(17)18)12(16)9-14-21(19,20)11-6-4-3-5-7-11/h1,3-7,14H,8-10H2,(H,17,18). The van der Waals surface area contributed by atoms with E-state index in [-0.39, 0.29) is 11.4 Å². The minimum absolute atomic E-state index is 0.0135. The topological polar surface area (TPSA) is 104 Å². The molecule has 0 spiro atoms. The van der Waals surface area contributed by atoms with Gasteiger partial charge in [0.25, 0.3) is 0 Å². The average molecular weight is 310 g/mol. The summed E-state index contributed by atoms with van der Waals surface area (Å²) in [6, 6.07) is 7.51. The number of carbonyl (C=O) groups is 2. The average Bonchev–Trinajstić information content (AvgIpc) is 2.45. The Labute approximate surface area is 122 Å². The van der Waals surface area contributed by atoms with Crippen molar-refractivity contribution in [3.8, 4) is 12.3 Å². The molecule has 2 N–H and O–H groups in total. The zero-order chi connectivity index (χ0) is 15.9. The van der Waals surface area contributed by atoms with Crippen molar-refractivity contribution in [3.63, 3.8) is 0 Å². The van der Waals surface area contributed by atoms with Crippen LogP contribution in [0.15, 0.2) is 35.2 Å². The molecule has 0 aromatic heterocycles. The molecule has 1 rings (SSSR count). The zero-order valence-electron chi connectivity index (χ0n) is 11.0. The number of amides is 1. The minimum Gasteiger partial charge on any atom is -0.480 e. The van der Waals surface area contributed by atoms with E-state index < -0.39 is 35.0 Å². The third-order valence-corrected chi connectivity index (χ3v) is 3.85. The highest BCUT2D eigenvalue weighted by Gasteiger charge is 2.19. The van der Waals surface area contributed by atoms with Gasteiger partial charge in [-0.05, 0) is 12.1 Å². The van der Waals surface area contributed by atoms with Gasteiger partial charge >= 0.3 is 5.97 Å². The summed E-state index contributed by atoms with van der Waals surface area (Å²) in [6.45, 7) is -1.36. The fourth-order valence-electron chi connectivity index (χ4n) is 1.46. The van der Waals surface area contributed by atoms with Gasteiger partial charge in [0, 0.05) is 0 Å². The van der Waals surface area contributed by atoms with Crippen molar-refractivity contribution >= 4 is 21.9 Å². The molecule has 1 amide bonds. The van der Waals surface area contributed by atoms with Gasteiger partial charge in [0.1, 0.15) is 6.54 Å². The number of carboxylic acid groups (broad SMARTS) is 1. The molecule has 0 fully saturated rings. The Balaban J connectivity index is 2.71. The van der Waals surface area contributed by atoms with E-state index in [4.69, 9.17) is 11.5 Å². The van der Waals surface area contributed by atoms with Crippen LogP contribution in [0.1, 0.15) is 0 Å². The van der Waals surface area contributed by atoms with Gasteiger partial charge in [-0.1, -0.05) is 24.1 Å². The molecule has 0 aliphatic carbocycles. The first-order chi connectivity index (χ1) is 9.86. The van der Waals surface area contributed by atoms with Gasteiger partial charge in [-0.3, -0.25) is 9.59 Å². The van der Waals surface area contributed by atoms with Gasteiger partial charge in [-0.2, -0.15) is 0 Å². The molecule has 0 heterocycles. The Hall–Kier alpha value is -2.37. The van der Waals surface area contributed by atoms with Crippen LogP contribution in [-0.4, -0.2) is 49.9 Å². The quantitative estimate of drug-likeness (QED) is 0.662. The lowest BCUT2D eigenvalue weighted by atomic mass is 10.4. The summed E-state index contributed by atoms with van der Waals surface area (Å²) in [4.78, 5) is 23.3. The van der Waals surface area contributed by atoms with Crippen molar-refractivity contribution in [2.45, 2.75) is 4.90 Å². The van der Waals surface area contributed by atoms with Gasteiger partial charge in [-0.15, -0.1) is 6.42 Å². The van der Waals surface area contributed by atoms with Crippen LogP contribution in [0.2, 0.25) is 0 Å². The summed E-state index contributed by atoms with van der Waals surface area (Å²) >= 11 is 0. The molecule has 0 bridgehead atoms. The maximum absolute atomic E-state index is 11.9. The predicted octanol–water partition coefficient (Wildman–Crippen LogP) is -0.489. The Morgan fingerprint density at radius 2 is 1.90 bits per heavy atom. The molecular formula is C13H14N2O5S. The Morgan fingerprint density at radius 1 is 1.29 bits per heavy atom. The Bertz CT molecular complexity index is 649. The summed E-state index contributed by atoms with van der Waals surface area (Å²) in [5.74, 6) is 0.202. The monoisotopic (exact) mass is 310 g/mol. The number of benzene rings is 1. The second-order valence-corrected chi connectivity index (χ2v) is 5.75. The summed E-state index contributed by atoms with van der Waals surface area (Å²) in [5, 5.41) is 8.66. The van der Waals surface area contributed by atoms with Crippen LogP contribution in [-0.2, 0) is 19.6 Å². The van der Waals surface area contributed by atoms with Gasteiger partial charge in [0.15, 0.2) is 0 Å². The van der Waals surface area contributed by atoms with E-state index in [9.17, 15) is 18.0 Å². The first-order valence-corrected chi connectivity index (χ1v) is 7.33. The Morgan fingerprint density at radius 3 is 2.43 bits per heavy atom. The van der Waals surface area contributed by atoms with Crippen LogP contribution in [0, 0.1) is 12.3 Å². The fraction of sp³-hybridized carbons (Fsp3) is 0.231. The number of carboxylic acids is 1. The molecule has 0 radical (unpaired) electrons. The second-order valence-electron chi connectivity index (χ2n) is 3.99. The number of aliphatic carboxylic acids is 1. The number of nitrogens with one attached hydrogen (secondary N) is 1. The molecule has 21 heavy (non-hydrogen) atoms. The number of carbonyl (C=O) groups excluding carboxylic acids is 1. The van der Waals surface area contributed by atoms with E-state index >= 15 is 0 Å². The fourth-order valence-corrected chi connectivity index (χ4v) is 2.45. The lowest BCUT2D eigenvalue weighted by molar-refractivity contribution is -0.143. The first kappa shape index (κ1) is 16.7. The zero-order valence-corrected chi connectivity index (χ0v) is 11.8. The van der Waals surface area contributed by atoms with Crippen molar-refractivity contribution in [3.05, 3.63) is 30.3 Å². The van der Waals surface area contributed by atoms with Crippen LogP contribution in [0.25, 0.3) is 0 Å². The molecule has 1 aromatic carbocycles. The molecule has 0 unspecified atom stereocenters.